The number of hydrogen-bond donors (Lipinski definition) is 17. The Morgan fingerprint density at radius 2 is 0.953 bits per heavy atom. The summed E-state index contributed by atoms with van der Waals surface area (Å²) in [6.07, 6.45) is -0.0617. The molecular formula is C57H100N16O12. The number of hydrogen-bond acceptors (Lipinski definition) is 17. The zero-order valence-corrected chi connectivity index (χ0v) is 50.7. The van der Waals surface area contributed by atoms with Crippen LogP contribution in [0.5, 0.6) is 0 Å². The van der Waals surface area contributed by atoms with E-state index in [2.05, 4.69) is 72.3 Å². The van der Waals surface area contributed by atoms with Crippen molar-refractivity contribution in [2.45, 2.75) is 198 Å². The first-order valence-corrected chi connectivity index (χ1v) is 29.8. The second-order valence-electron chi connectivity index (χ2n) is 22.9. The molecule has 0 aromatic heterocycles. The summed E-state index contributed by atoms with van der Waals surface area (Å²) >= 11 is 0. The summed E-state index contributed by atoms with van der Waals surface area (Å²) in [7, 11) is 0. The van der Waals surface area contributed by atoms with Gasteiger partial charge in [0.2, 0.25) is 65.0 Å². The summed E-state index contributed by atoms with van der Waals surface area (Å²) in [5.41, 5.74) is 30.1. The van der Waals surface area contributed by atoms with Gasteiger partial charge < -0.3 is 92.3 Å². The van der Waals surface area contributed by atoms with Crippen LogP contribution in [0.15, 0.2) is 30.3 Å². The van der Waals surface area contributed by atoms with Gasteiger partial charge >= 0.3 is 0 Å². The minimum atomic E-state index is -1.68. The Bertz CT molecular complexity index is 2310. The van der Waals surface area contributed by atoms with Crippen LogP contribution in [0, 0.1) is 17.8 Å². The van der Waals surface area contributed by atoms with E-state index in [9.17, 15) is 57.8 Å². The van der Waals surface area contributed by atoms with Gasteiger partial charge in [-0.05, 0) is 121 Å². The van der Waals surface area contributed by atoms with Gasteiger partial charge in [0.05, 0.1) is 6.10 Å². The molecule has 1 heterocycles. The summed E-state index contributed by atoms with van der Waals surface area (Å²) in [5, 5.41) is 39.7. The predicted molar refractivity (Wildman–Crippen MR) is 319 cm³/mol. The fraction of sp³-hybridized carbons (Fsp3) is 0.702. The van der Waals surface area contributed by atoms with E-state index in [0.29, 0.717) is 17.9 Å². The molecule has 22 N–H and O–H groups in total. The van der Waals surface area contributed by atoms with E-state index in [-0.39, 0.29) is 115 Å². The van der Waals surface area contributed by atoms with E-state index in [4.69, 9.17) is 28.7 Å². The molecule has 1 aliphatic heterocycles. The first-order chi connectivity index (χ1) is 40.3. The number of aliphatic hydroxyl groups is 1. The van der Waals surface area contributed by atoms with Crippen LogP contribution in [-0.4, -0.2) is 176 Å². The SMILES string of the molecule is CC(C)CCCCC(=O)N[C@@H](CCN)C(=O)N[C@H](C(=O)N[C@@H](CCN)C(=O)N[C@H]1CCNC(=O)[C@H](CC(C)C)NC(=O)[C@H](CCN)NC(=O)[C@H](CCN)NC(=O)[C@H](CC(C)C)NC(=O)[C@@H](Cc2ccccc2)NC(=O)[C@H](CCN)NC1=O)[C@@H](C)O. The number of benzene rings is 1. The molecule has 28 heteroatoms. The third kappa shape index (κ3) is 27.8. The predicted octanol–water partition coefficient (Wildman–Crippen LogP) is -3.97. The van der Waals surface area contributed by atoms with Gasteiger partial charge in [-0.1, -0.05) is 84.7 Å². The van der Waals surface area contributed by atoms with E-state index < -0.39 is 132 Å². The summed E-state index contributed by atoms with van der Waals surface area (Å²) in [6, 6.07) is -5.32. The van der Waals surface area contributed by atoms with E-state index in [1.54, 1.807) is 58.0 Å². The molecule has 11 amide bonds. The summed E-state index contributed by atoms with van der Waals surface area (Å²) in [6.45, 7) is 11.7. The van der Waals surface area contributed by atoms with Crippen molar-refractivity contribution in [1.82, 2.24) is 58.5 Å². The Hall–Kier alpha value is -6.85. The van der Waals surface area contributed by atoms with Crippen molar-refractivity contribution in [3.8, 4) is 0 Å². The third-order valence-corrected chi connectivity index (χ3v) is 13.9. The topological polar surface area (TPSA) is 470 Å². The Labute approximate surface area is 499 Å². The van der Waals surface area contributed by atoms with Crippen molar-refractivity contribution in [2.75, 3.05) is 39.3 Å². The number of amides is 11. The molecule has 1 aromatic carbocycles. The summed E-state index contributed by atoms with van der Waals surface area (Å²) < 4.78 is 0. The molecule has 1 fully saturated rings. The summed E-state index contributed by atoms with van der Waals surface area (Å²) in [4.78, 5) is 154. The van der Waals surface area contributed by atoms with Crippen LogP contribution in [0.4, 0.5) is 0 Å². The molecule has 0 aliphatic carbocycles. The monoisotopic (exact) mass is 1200 g/mol. The molecule has 1 saturated heterocycles. The summed E-state index contributed by atoms with van der Waals surface area (Å²) in [5.74, 6) is -8.93. The number of aliphatic hydroxyl groups excluding tert-OH is 1. The lowest BCUT2D eigenvalue weighted by atomic mass is 10.00. The van der Waals surface area contributed by atoms with Crippen molar-refractivity contribution in [1.29, 1.82) is 0 Å². The molecule has 1 aromatic rings. The quantitative estimate of drug-likeness (QED) is 0.0340. The highest BCUT2D eigenvalue weighted by atomic mass is 16.3. The molecule has 85 heavy (non-hydrogen) atoms. The maximum absolute atomic E-state index is 14.6. The molecule has 0 unspecified atom stereocenters. The molecule has 0 saturated carbocycles. The van der Waals surface area contributed by atoms with Crippen molar-refractivity contribution in [3.05, 3.63) is 35.9 Å². The van der Waals surface area contributed by atoms with Crippen LogP contribution in [-0.2, 0) is 59.2 Å². The third-order valence-electron chi connectivity index (χ3n) is 13.9. The first-order valence-electron chi connectivity index (χ1n) is 29.8. The normalized spacial score (nSPS) is 22.3. The highest BCUT2D eigenvalue weighted by Gasteiger charge is 2.37. The maximum Gasteiger partial charge on any atom is 0.245 e. The van der Waals surface area contributed by atoms with Gasteiger partial charge in [0.1, 0.15) is 60.4 Å². The molecule has 0 radical (unpaired) electrons. The number of unbranched alkanes of at least 4 members (excludes halogenated alkanes) is 1. The molecule has 1 aliphatic rings. The van der Waals surface area contributed by atoms with E-state index in [1.807, 2.05) is 0 Å². The van der Waals surface area contributed by atoms with Crippen LogP contribution < -0.4 is 87.2 Å². The first kappa shape index (κ1) is 74.3. The lowest BCUT2D eigenvalue weighted by Gasteiger charge is -2.29. The lowest BCUT2D eigenvalue weighted by molar-refractivity contribution is -0.137. The Morgan fingerprint density at radius 1 is 0.506 bits per heavy atom. The number of carbonyl (C=O) groups excluding carboxylic acids is 11. The standard InChI is InChI=1S/C57H100N16O12/c1-32(2)13-11-12-16-46(75)64-37(17-23-58)54(82)73-47(35(7)74)57(85)69-41(21-27-62)50(78)68-42-22-28-63-48(76)43(29-33(3)4)70-51(79)39(19-25-60)65-49(77)38(18-24-59)67-55(83)44(30-34(5)6)71-56(84)45(31-36-14-9-8-10-15-36)72-52(80)40(20-26-61)66-53(42)81/h8-10,14-15,32-35,37-45,47,74H,11-13,16-31,58-62H2,1-7H3,(H,63,76)(H,64,75)(H,65,77)(H,66,81)(H,67,83)(H,68,78)(H,69,85)(H,70,79)(H,71,84)(H,72,80)(H,73,82)/t35-,37+,38+,39+,40+,41+,42+,43+,44+,45-,47+/m1/s1. The number of rotatable bonds is 29. The fourth-order valence-corrected chi connectivity index (χ4v) is 9.31. The van der Waals surface area contributed by atoms with Crippen LogP contribution >= 0.6 is 0 Å². The van der Waals surface area contributed by atoms with Gasteiger partial charge in [-0.2, -0.15) is 0 Å². The van der Waals surface area contributed by atoms with Crippen molar-refractivity contribution < 1.29 is 57.8 Å². The molecular weight excluding hydrogens is 1100 g/mol. The largest absolute Gasteiger partial charge is 0.391 e. The van der Waals surface area contributed by atoms with Gasteiger partial charge in [0.25, 0.3) is 0 Å². The van der Waals surface area contributed by atoms with E-state index in [0.717, 1.165) is 12.8 Å². The van der Waals surface area contributed by atoms with Crippen LogP contribution in [0.1, 0.15) is 131 Å². The molecule has 480 valence electrons. The second kappa shape index (κ2) is 39.7. The number of nitrogens with two attached hydrogens (primary N) is 5. The smallest absolute Gasteiger partial charge is 0.245 e. The van der Waals surface area contributed by atoms with Gasteiger partial charge in [0, 0.05) is 19.4 Å². The minimum absolute atomic E-state index is 0.00555. The second-order valence-corrected chi connectivity index (χ2v) is 22.9. The maximum atomic E-state index is 14.6. The Morgan fingerprint density at radius 3 is 1.42 bits per heavy atom. The van der Waals surface area contributed by atoms with Crippen LogP contribution in [0.25, 0.3) is 0 Å². The molecule has 0 bridgehead atoms. The molecule has 28 nitrogen and oxygen atoms in total. The number of nitrogens with one attached hydrogen (secondary N) is 11. The zero-order chi connectivity index (χ0) is 63.8. The average Bonchev–Trinajstić information content (AvgIpc) is 3.64. The molecule has 2 rings (SSSR count). The highest BCUT2D eigenvalue weighted by molar-refractivity contribution is 5.99. The minimum Gasteiger partial charge on any atom is -0.391 e. The van der Waals surface area contributed by atoms with Crippen molar-refractivity contribution in [3.63, 3.8) is 0 Å². The van der Waals surface area contributed by atoms with Gasteiger partial charge in [-0.25, -0.2) is 0 Å². The lowest BCUT2D eigenvalue weighted by Crippen LogP contribution is -2.62. The van der Waals surface area contributed by atoms with Gasteiger partial charge in [-0.3, -0.25) is 52.7 Å². The number of carbonyl (C=O) groups is 11. The molecule has 11 atom stereocenters. The van der Waals surface area contributed by atoms with Crippen LogP contribution in [0.3, 0.4) is 0 Å². The van der Waals surface area contributed by atoms with Gasteiger partial charge in [-0.15, -0.1) is 0 Å². The van der Waals surface area contributed by atoms with E-state index in [1.165, 1.54) is 6.92 Å². The van der Waals surface area contributed by atoms with E-state index >= 15 is 0 Å². The van der Waals surface area contributed by atoms with Crippen molar-refractivity contribution in [2.24, 2.45) is 46.4 Å². The fourth-order valence-electron chi connectivity index (χ4n) is 9.31. The zero-order valence-electron chi connectivity index (χ0n) is 50.7. The highest BCUT2D eigenvalue weighted by Crippen LogP contribution is 2.13. The average molecular weight is 1200 g/mol. The van der Waals surface area contributed by atoms with Crippen LogP contribution in [0.2, 0.25) is 0 Å². The van der Waals surface area contributed by atoms with Gasteiger partial charge in [0.15, 0.2) is 0 Å². The Balaban J connectivity index is 2.71. The Kier molecular flexibility index (Phi) is 34.7. The van der Waals surface area contributed by atoms with Crippen molar-refractivity contribution >= 4 is 65.0 Å². The molecule has 0 spiro atoms.